The Kier molecular flexibility index (Phi) is 5.94. The molecule has 36 heavy (non-hydrogen) atoms. The number of aryl methyl sites for hydroxylation is 4. The summed E-state index contributed by atoms with van der Waals surface area (Å²) in [5, 5.41) is 26.4. The first-order chi connectivity index (χ1) is 17.3. The summed E-state index contributed by atoms with van der Waals surface area (Å²) in [6.45, 7) is 7.08. The average Bonchev–Trinajstić information content (AvgIpc) is 3.60. The Labute approximate surface area is 211 Å². The quantitative estimate of drug-likeness (QED) is 0.307. The van der Waals surface area contributed by atoms with Crippen LogP contribution in [-0.4, -0.2) is 48.2 Å². The number of nitrogens with two attached hydrogens (primary N) is 2. The van der Waals surface area contributed by atoms with Gasteiger partial charge in [0.2, 0.25) is 10.3 Å². The van der Waals surface area contributed by atoms with Gasteiger partial charge in [-0.1, -0.05) is 0 Å². The summed E-state index contributed by atoms with van der Waals surface area (Å²) in [5.74, 6) is 2.50. The lowest BCUT2D eigenvalue weighted by Crippen LogP contribution is -2.09. The van der Waals surface area contributed by atoms with Gasteiger partial charge in [0.15, 0.2) is 34.6 Å². The van der Waals surface area contributed by atoms with Crippen molar-refractivity contribution >= 4 is 56.3 Å². The maximum Gasteiger partial charge on any atom is 0.249 e. The third-order valence-electron chi connectivity index (χ3n) is 4.70. The molecule has 5 rings (SSSR count). The largest absolute Gasteiger partial charge is 0.382 e. The molecular weight excluding hydrogens is 504 g/mol. The molecule has 0 aromatic carbocycles. The Morgan fingerprint density at radius 1 is 0.694 bits per heavy atom. The zero-order chi connectivity index (χ0) is 25.4. The van der Waals surface area contributed by atoms with Crippen LogP contribution in [0.1, 0.15) is 23.0 Å². The third-order valence-corrected chi connectivity index (χ3v) is 6.09. The van der Waals surface area contributed by atoms with Gasteiger partial charge >= 0.3 is 0 Å². The lowest BCUT2D eigenvalue weighted by Gasteiger charge is -2.06. The molecule has 0 radical (unpaired) electrons. The van der Waals surface area contributed by atoms with Gasteiger partial charge in [-0.25, -0.2) is 19.9 Å². The second-order valence-corrected chi connectivity index (χ2v) is 8.81. The Balaban J connectivity index is 1.46. The SMILES string of the molecule is Cc1nsc(N=Nc2c(C)nn(-c3cc(-n4nc(C)c(N=Nc5nc(C)ns5)c4N)ncn3)c2N)n1. The van der Waals surface area contributed by atoms with Crippen molar-refractivity contribution in [2.75, 3.05) is 11.5 Å². The van der Waals surface area contributed by atoms with Crippen molar-refractivity contribution in [3.8, 4) is 11.6 Å². The molecule has 5 aromatic rings. The Morgan fingerprint density at radius 3 is 1.53 bits per heavy atom. The molecule has 16 nitrogen and oxygen atoms in total. The van der Waals surface area contributed by atoms with Gasteiger partial charge in [0.25, 0.3) is 0 Å². The molecule has 0 atom stereocenters. The van der Waals surface area contributed by atoms with Crippen molar-refractivity contribution in [2.45, 2.75) is 27.7 Å². The number of aromatic nitrogens is 10. The topological polar surface area (TPSA) is 214 Å². The minimum absolute atomic E-state index is 0.244. The van der Waals surface area contributed by atoms with E-state index < -0.39 is 0 Å². The molecule has 0 bridgehead atoms. The molecule has 18 heteroatoms. The molecule has 0 fully saturated rings. The van der Waals surface area contributed by atoms with E-state index in [0.717, 1.165) is 23.1 Å². The first kappa shape index (κ1) is 23.2. The summed E-state index contributed by atoms with van der Waals surface area (Å²) in [4.78, 5) is 16.9. The van der Waals surface area contributed by atoms with Crippen LogP contribution < -0.4 is 11.5 Å². The second kappa shape index (κ2) is 9.23. The van der Waals surface area contributed by atoms with E-state index in [-0.39, 0.29) is 11.6 Å². The van der Waals surface area contributed by atoms with Gasteiger partial charge in [0, 0.05) is 29.1 Å². The number of anilines is 2. The molecule has 4 N–H and O–H groups in total. The van der Waals surface area contributed by atoms with Crippen molar-refractivity contribution in [2.24, 2.45) is 20.5 Å². The van der Waals surface area contributed by atoms with Crippen LogP contribution in [-0.2, 0) is 0 Å². The van der Waals surface area contributed by atoms with Crippen molar-refractivity contribution in [3.05, 3.63) is 35.4 Å². The van der Waals surface area contributed by atoms with Crippen LogP contribution in [0, 0.1) is 27.7 Å². The van der Waals surface area contributed by atoms with Crippen LogP contribution in [0.4, 0.5) is 33.3 Å². The van der Waals surface area contributed by atoms with E-state index >= 15 is 0 Å². The minimum atomic E-state index is 0.244. The number of azo groups is 2. The van der Waals surface area contributed by atoms with Crippen LogP contribution in [0.25, 0.3) is 11.6 Å². The van der Waals surface area contributed by atoms with Gasteiger partial charge in [-0.15, -0.1) is 20.5 Å². The van der Waals surface area contributed by atoms with Gasteiger partial charge in [-0.3, -0.25) is 0 Å². The van der Waals surface area contributed by atoms with Crippen LogP contribution in [0.15, 0.2) is 32.9 Å². The molecule has 0 unspecified atom stereocenters. The van der Waals surface area contributed by atoms with Gasteiger partial charge in [-0.2, -0.15) is 28.3 Å². The predicted octanol–water partition coefficient (Wildman–Crippen LogP) is 3.78. The van der Waals surface area contributed by atoms with E-state index in [0.29, 0.717) is 56.3 Å². The fraction of sp³-hybridized carbons (Fsp3) is 0.222. The Hall–Kier alpha value is -4.58. The van der Waals surface area contributed by atoms with Crippen molar-refractivity contribution in [1.29, 1.82) is 0 Å². The van der Waals surface area contributed by atoms with Crippen molar-refractivity contribution in [1.82, 2.24) is 48.2 Å². The van der Waals surface area contributed by atoms with Crippen LogP contribution in [0.5, 0.6) is 0 Å². The summed E-state index contributed by atoms with van der Waals surface area (Å²) >= 11 is 2.28. The van der Waals surface area contributed by atoms with E-state index in [1.165, 1.54) is 15.7 Å². The highest BCUT2D eigenvalue weighted by atomic mass is 32.1. The molecule has 0 saturated heterocycles. The van der Waals surface area contributed by atoms with Crippen LogP contribution in [0.3, 0.4) is 0 Å². The monoisotopic (exact) mass is 522 g/mol. The minimum Gasteiger partial charge on any atom is -0.382 e. The first-order valence-electron chi connectivity index (χ1n) is 10.3. The van der Waals surface area contributed by atoms with Gasteiger partial charge in [-0.05, 0) is 27.7 Å². The average molecular weight is 523 g/mol. The van der Waals surface area contributed by atoms with E-state index in [9.17, 15) is 0 Å². The molecule has 0 aliphatic carbocycles. The number of nitrogens with zero attached hydrogens (tertiary/aromatic N) is 14. The number of hydrogen-bond acceptors (Lipinski definition) is 16. The molecule has 0 aliphatic heterocycles. The van der Waals surface area contributed by atoms with E-state index in [4.69, 9.17) is 11.5 Å². The molecule has 0 aliphatic rings. The molecule has 0 spiro atoms. The lowest BCUT2D eigenvalue weighted by atomic mass is 10.4. The molecule has 5 heterocycles. The highest BCUT2D eigenvalue weighted by Gasteiger charge is 2.19. The number of nitrogen functional groups attached to an aromatic ring is 2. The molecule has 5 aromatic heterocycles. The van der Waals surface area contributed by atoms with Gasteiger partial charge in [0.1, 0.15) is 18.0 Å². The number of rotatable bonds is 6. The van der Waals surface area contributed by atoms with E-state index in [2.05, 4.69) is 59.3 Å². The maximum atomic E-state index is 6.32. The van der Waals surface area contributed by atoms with Gasteiger partial charge in [0.05, 0.1) is 11.4 Å². The summed E-state index contributed by atoms with van der Waals surface area (Å²) in [6.07, 6.45) is 1.36. The molecule has 182 valence electrons. The fourth-order valence-electron chi connectivity index (χ4n) is 3.08. The highest BCUT2D eigenvalue weighted by Crippen LogP contribution is 2.32. The Bertz CT molecular complexity index is 1500. The molecular formula is C18H18N16S2. The summed E-state index contributed by atoms with van der Waals surface area (Å²) in [7, 11) is 0. The first-order valence-corrected chi connectivity index (χ1v) is 11.8. The highest BCUT2D eigenvalue weighted by molar-refractivity contribution is 7.09. The Morgan fingerprint density at radius 2 is 1.14 bits per heavy atom. The molecule has 0 amide bonds. The van der Waals surface area contributed by atoms with Gasteiger partial charge < -0.3 is 11.5 Å². The van der Waals surface area contributed by atoms with Crippen LogP contribution in [0.2, 0.25) is 0 Å². The smallest absolute Gasteiger partial charge is 0.249 e. The van der Waals surface area contributed by atoms with Crippen LogP contribution >= 0.6 is 23.1 Å². The van der Waals surface area contributed by atoms with E-state index in [1.54, 1.807) is 33.8 Å². The van der Waals surface area contributed by atoms with Crippen molar-refractivity contribution in [3.63, 3.8) is 0 Å². The lowest BCUT2D eigenvalue weighted by molar-refractivity contribution is 0.801. The summed E-state index contributed by atoms with van der Waals surface area (Å²) in [5.41, 5.74) is 14.5. The standard InChI is InChI=1S/C18H18N16S2/c1-7-13(25-27-17-23-9(3)31-35-17)15(19)33(29-7)11-5-12(22-6-21-11)34-16(20)14(8(2)30-34)26-28-18-24-10(4)32-36-18/h5-6H,19-20H2,1-4H3. The maximum absolute atomic E-state index is 6.32. The summed E-state index contributed by atoms with van der Waals surface area (Å²) in [6, 6.07) is 1.63. The number of hydrogen-bond donors (Lipinski definition) is 2. The van der Waals surface area contributed by atoms with E-state index in [1.807, 2.05) is 0 Å². The fourth-order valence-corrected chi connectivity index (χ4v) is 4.09. The second-order valence-electron chi connectivity index (χ2n) is 7.34. The predicted molar refractivity (Wildman–Crippen MR) is 132 cm³/mol. The summed E-state index contributed by atoms with van der Waals surface area (Å²) < 4.78 is 11.0. The normalized spacial score (nSPS) is 11.9. The zero-order valence-electron chi connectivity index (χ0n) is 19.4. The molecule has 0 saturated carbocycles. The van der Waals surface area contributed by atoms with Crippen molar-refractivity contribution < 1.29 is 0 Å². The zero-order valence-corrected chi connectivity index (χ0v) is 21.0. The third kappa shape index (κ3) is 4.41.